The molecule has 176 valence electrons. The molecule has 1 aromatic carbocycles. The fourth-order valence-electron chi connectivity index (χ4n) is 3.93. The van der Waals surface area contributed by atoms with E-state index in [4.69, 9.17) is 15.8 Å². The van der Waals surface area contributed by atoms with Crippen LogP contribution in [0, 0.1) is 0 Å². The molecule has 1 fully saturated rings. The first kappa shape index (κ1) is 26.0. The van der Waals surface area contributed by atoms with Crippen LogP contribution >= 0.6 is 0 Å². The number of carbonyl (C=O) groups is 3. The van der Waals surface area contributed by atoms with Crippen molar-refractivity contribution in [2.75, 3.05) is 32.7 Å². The molecule has 10 heteroatoms. The molecule has 1 saturated heterocycles. The average molecular weight is 447 g/mol. The molecule has 1 aliphatic heterocycles. The van der Waals surface area contributed by atoms with Crippen LogP contribution in [0.15, 0.2) is 24.3 Å². The lowest BCUT2D eigenvalue weighted by atomic mass is 9.81. The Bertz CT molecular complexity index is 780. The number of carbonyl (C=O) groups excluding carboxylic acids is 2. The first-order valence-electron chi connectivity index (χ1n) is 11.1. The zero-order valence-corrected chi connectivity index (χ0v) is 18.7. The molecule has 1 atom stereocenters. The number of unbranched alkanes of at least 4 members (excludes halogenated alkanes) is 1. The molecule has 0 aliphatic carbocycles. The van der Waals surface area contributed by atoms with Crippen LogP contribution < -0.4 is 5.73 Å². The number of aliphatic carboxylic acids is 1. The van der Waals surface area contributed by atoms with E-state index >= 15 is 0 Å². The second kappa shape index (κ2) is 12.1. The van der Waals surface area contributed by atoms with Crippen LogP contribution in [0.2, 0.25) is 6.32 Å². The van der Waals surface area contributed by atoms with E-state index in [-0.39, 0.29) is 18.0 Å². The number of nitrogens with two attached hydrogens (primary N) is 1. The van der Waals surface area contributed by atoms with E-state index in [1.807, 2.05) is 0 Å². The Morgan fingerprint density at radius 2 is 1.53 bits per heavy atom. The zero-order chi connectivity index (χ0) is 23.7. The van der Waals surface area contributed by atoms with Gasteiger partial charge in [-0.05, 0) is 51.2 Å². The highest BCUT2D eigenvalue weighted by molar-refractivity contribution is 6.40. The third-order valence-corrected chi connectivity index (χ3v) is 6.06. The van der Waals surface area contributed by atoms with Gasteiger partial charge in [0.15, 0.2) is 5.78 Å². The molecule has 9 nitrogen and oxygen atoms in total. The summed E-state index contributed by atoms with van der Waals surface area (Å²) in [5, 5.41) is 27.3. The summed E-state index contributed by atoms with van der Waals surface area (Å²) in [6, 6.07) is 6.69. The zero-order valence-electron chi connectivity index (χ0n) is 18.7. The lowest BCUT2D eigenvalue weighted by Crippen LogP contribution is -2.50. The van der Waals surface area contributed by atoms with Gasteiger partial charge >= 0.3 is 13.1 Å². The molecule has 0 spiro atoms. The number of amides is 1. The number of hydrogen-bond acceptors (Lipinski definition) is 7. The summed E-state index contributed by atoms with van der Waals surface area (Å²) >= 11 is 0. The number of rotatable bonds is 12. The van der Waals surface area contributed by atoms with Gasteiger partial charge < -0.3 is 25.8 Å². The van der Waals surface area contributed by atoms with Crippen molar-refractivity contribution >= 4 is 24.8 Å². The minimum Gasteiger partial charge on any atom is -0.480 e. The van der Waals surface area contributed by atoms with Crippen molar-refractivity contribution in [1.29, 1.82) is 0 Å². The van der Waals surface area contributed by atoms with Crippen molar-refractivity contribution in [1.82, 2.24) is 9.80 Å². The average Bonchev–Trinajstić information content (AvgIpc) is 2.76. The maximum atomic E-state index is 12.7. The topological polar surface area (TPSA) is 144 Å². The predicted octanol–water partition coefficient (Wildman–Crippen LogP) is 0.852. The molecule has 0 aromatic heterocycles. The fraction of sp³-hybridized carbons (Fsp3) is 0.591. The largest absolute Gasteiger partial charge is 0.480 e. The number of Topliss-reactive ketones (excluding diaryl/α,β-unsaturated/α-hetero) is 1. The molecule has 32 heavy (non-hydrogen) atoms. The molecule has 0 radical (unpaired) electrons. The van der Waals surface area contributed by atoms with Crippen LogP contribution in [-0.2, 0) is 4.79 Å². The Hall–Kier alpha value is -2.27. The molecule has 1 heterocycles. The standard InChI is InChI=1S/C22H34BN3O6/c1-17(27)18-5-7-19(8-6-18)20(28)26-15-13-25(14-16-26)12-4-10-22(24,21(29)30)9-2-3-11-23(31)32/h5-8,31-32H,2-4,9-16,24H2,1H3,(H,29,30). The number of carboxylic acid groups (broad SMARTS) is 1. The smallest absolute Gasteiger partial charge is 0.451 e. The van der Waals surface area contributed by atoms with Gasteiger partial charge in [0, 0.05) is 37.3 Å². The first-order chi connectivity index (χ1) is 15.1. The van der Waals surface area contributed by atoms with Crippen molar-refractivity contribution in [3.05, 3.63) is 35.4 Å². The van der Waals surface area contributed by atoms with Gasteiger partial charge in [0.05, 0.1) is 0 Å². The van der Waals surface area contributed by atoms with E-state index in [1.165, 1.54) is 6.92 Å². The van der Waals surface area contributed by atoms with Gasteiger partial charge in [-0.1, -0.05) is 25.0 Å². The predicted molar refractivity (Wildman–Crippen MR) is 121 cm³/mol. The Morgan fingerprint density at radius 1 is 0.969 bits per heavy atom. The van der Waals surface area contributed by atoms with Crippen molar-refractivity contribution in [3.8, 4) is 0 Å². The highest BCUT2D eigenvalue weighted by Crippen LogP contribution is 2.20. The molecule has 1 amide bonds. The molecule has 1 aliphatic rings. The van der Waals surface area contributed by atoms with Crippen LogP contribution in [0.25, 0.3) is 0 Å². The van der Waals surface area contributed by atoms with Crippen LogP contribution in [0.1, 0.15) is 59.7 Å². The number of hydrogen-bond donors (Lipinski definition) is 4. The molecule has 1 unspecified atom stereocenters. The van der Waals surface area contributed by atoms with Gasteiger partial charge in [-0.3, -0.25) is 19.3 Å². The molecular weight excluding hydrogens is 413 g/mol. The highest BCUT2D eigenvalue weighted by Gasteiger charge is 2.33. The van der Waals surface area contributed by atoms with Crippen LogP contribution in [0.5, 0.6) is 0 Å². The normalized spacial score (nSPS) is 16.4. The summed E-state index contributed by atoms with van der Waals surface area (Å²) in [5.41, 5.74) is 5.94. The van der Waals surface area contributed by atoms with Gasteiger partial charge in [0.1, 0.15) is 5.54 Å². The third kappa shape index (κ3) is 7.70. The first-order valence-corrected chi connectivity index (χ1v) is 11.1. The minimum absolute atomic E-state index is 0.0361. The summed E-state index contributed by atoms with van der Waals surface area (Å²) in [5.74, 6) is -1.13. The van der Waals surface area contributed by atoms with Crippen molar-refractivity contribution in [2.45, 2.75) is 50.9 Å². The molecule has 2 rings (SSSR count). The van der Waals surface area contributed by atoms with E-state index in [1.54, 1.807) is 29.2 Å². The second-order valence-electron chi connectivity index (χ2n) is 8.56. The molecule has 0 saturated carbocycles. The van der Waals surface area contributed by atoms with E-state index in [0.717, 1.165) is 0 Å². The number of nitrogens with zero attached hydrogens (tertiary/aromatic N) is 2. The monoisotopic (exact) mass is 447 g/mol. The van der Waals surface area contributed by atoms with E-state index in [9.17, 15) is 19.5 Å². The van der Waals surface area contributed by atoms with Crippen LogP contribution in [-0.4, -0.2) is 88.0 Å². The van der Waals surface area contributed by atoms with E-state index < -0.39 is 18.6 Å². The van der Waals surface area contributed by atoms with Gasteiger partial charge in [-0.25, -0.2) is 0 Å². The van der Waals surface area contributed by atoms with Gasteiger partial charge in [-0.2, -0.15) is 0 Å². The molecule has 5 N–H and O–H groups in total. The van der Waals surface area contributed by atoms with Gasteiger partial charge in [0.2, 0.25) is 0 Å². The number of benzene rings is 1. The number of carboxylic acids is 1. The van der Waals surface area contributed by atoms with E-state index in [2.05, 4.69) is 4.90 Å². The summed E-state index contributed by atoms with van der Waals surface area (Å²) in [6.07, 6.45) is 2.50. The SMILES string of the molecule is CC(=O)c1ccc(C(=O)N2CCN(CCCC(N)(CCCCB(O)O)C(=O)O)CC2)cc1. The Kier molecular flexibility index (Phi) is 9.83. The Labute approximate surface area is 189 Å². The lowest BCUT2D eigenvalue weighted by molar-refractivity contribution is -0.144. The fourth-order valence-corrected chi connectivity index (χ4v) is 3.93. The summed E-state index contributed by atoms with van der Waals surface area (Å²) in [7, 11) is -1.38. The minimum atomic E-state index is -1.38. The Morgan fingerprint density at radius 3 is 2.06 bits per heavy atom. The molecule has 0 bridgehead atoms. The Balaban J connectivity index is 1.75. The number of piperazine rings is 1. The lowest BCUT2D eigenvalue weighted by Gasteiger charge is -2.35. The van der Waals surface area contributed by atoms with Gasteiger partial charge in [0.25, 0.3) is 5.91 Å². The van der Waals surface area contributed by atoms with Gasteiger partial charge in [-0.15, -0.1) is 0 Å². The maximum Gasteiger partial charge on any atom is 0.451 e. The van der Waals surface area contributed by atoms with Crippen molar-refractivity contribution in [2.24, 2.45) is 5.73 Å². The molecular formula is C22H34BN3O6. The maximum absolute atomic E-state index is 12.7. The van der Waals surface area contributed by atoms with Crippen LogP contribution in [0.3, 0.4) is 0 Å². The second-order valence-corrected chi connectivity index (χ2v) is 8.56. The quantitative estimate of drug-likeness (QED) is 0.210. The highest BCUT2D eigenvalue weighted by atomic mass is 16.4. The third-order valence-electron chi connectivity index (χ3n) is 6.06. The number of ketones is 1. The van der Waals surface area contributed by atoms with Crippen LogP contribution in [0.4, 0.5) is 0 Å². The summed E-state index contributed by atoms with van der Waals surface area (Å²) in [6.45, 7) is 4.78. The van der Waals surface area contributed by atoms with Crippen molar-refractivity contribution in [3.63, 3.8) is 0 Å². The van der Waals surface area contributed by atoms with Crippen molar-refractivity contribution < 1.29 is 29.5 Å². The summed E-state index contributed by atoms with van der Waals surface area (Å²) in [4.78, 5) is 39.7. The summed E-state index contributed by atoms with van der Waals surface area (Å²) < 4.78 is 0. The molecule has 1 aromatic rings. The van der Waals surface area contributed by atoms with E-state index in [0.29, 0.717) is 76.0 Å².